The lowest BCUT2D eigenvalue weighted by Crippen LogP contribution is -2.34. The summed E-state index contributed by atoms with van der Waals surface area (Å²) < 4.78 is 28.7. The Labute approximate surface area is 142 Å². The lowest BCUT2D eigenvalue weighted by molar-refractivity contribution is -0.0498. The first kappa shape index (κ1) is 16.7. The topological polar surface area (TPSA) is 79.0 Å². The Bertz CT molecular complexity index is 866. The molecule has 0 radical (unpaired) electrons. The van der Waals surface area contributed by atoms with Crippen LogP contribution >= 0.6 is 0 Å². The number of amides is 2. The normalized spacial score (nSPS) is 10.8. The van der Waals surface area contributed by atoms with E-state index in [0.717, 1.165) is 16.5 Å². The molecule has 0 aliphatic heterocycles. The molecule has 0 aliphatic carbocycles. The smallest absolute Gasteiger partial charge is 0.387 e. The third kappa shape index (κ3) is 4.66. The van der Waals surface area contributed by atoms with Crippen molar-refractivity contribution >= 4 is 16.9 Å². The van der Waals surface area contributed by atoms with Crippen molar-refractivity contribution in [1.82, 2.24) is 20.8 Å². The molecule has 0 atom stereocenters. The van der Waals surface area contributed by atoms with E-state index in [1.54, 1.807) is 18.3 Å². The Morgan fingerprint density at radius 1 is 1.12 bits per heavy atom. The van der Waals surface area contributed by atoms with Gasteiger partial charge in [0.05, 0.1) is 11.7 Å². The van der Waals surface area contributed by atoms with Crippen LogP contribution in [0.15, 0.2) is 48.7 Å². The lowest BCUT2D eigenvalue weighted by Gasteiger charge is -2.09. The van der Waals surface area contributed by atoms with E-state index < -0.39 is 6.61 Å². The Morgan fingerprint density at radius 2 is 1.88 bits per heavy atom. The summed E-state index contributed by atoms with van der Waals surface area (Å²) in [4.78, 5) is 11.9. The molecular weight excluding hydrogens is 330 g/mol. The van der Waals surface area contributed by atoms with Gasteiger partial charge in [-0.2, -0.15) is 13.9 Å². The molecule has 0 unspecified atom stereocenters. The second-order valence-electron chi connectivity index (χ2n) is 5.35. The number of rotatable bonds is 6. The predicted octanol–water partition coefficient (Wildman–Crippen LogP) is 3.16. The van der Waals surface area contributed by atoms with Crippen molar-refractivity contribution in [3.05, 3.63) is 59.8 Å². The third-order valence-corrected chi connectivity index (χ3v) is 3.54. The maximum absolute atomic E-state index is 12.2. The largest absolute Gasteiger partial charge is 0.435 e. The number of halogens is 2. The van der Waals surface area contributed by atoms with Crippen molar-refractivity contribution in [2.75, 3.05) is 0 Å². The van der Waals surface area contributed by atoms with E-state index in [4.69, 9.17) is 0 Å². The van der Waals surface area contributed by atoms with Crippen LogP contribution in [0.1, 0.15) is 11.1 Å². The highest BCUT2D eigenvalue weighted by molar-refractivity contribution is 5.78. The molecule has 0 spiro atoms. The standard InChI is InChI=1S/C17H16F2N4O2/c18-16(19)25-14-3-1-2-11(6-14)8-20-17(24)21-9-12-4-5-13-10-22-23-15(13)7-12/h1-7,10,16H,8-9H2,(H,22,23)(H2,20,21,24). The van der Waals surface area contributed by atoms with Crippen LogP contribution in [0.25, 0.3) is 10.9 Å². The summed E-state index contributed by atoms with van der Waals surface area (Å²) in [5, 5.41) is 13.2. The molecule has 0 bridgehead atoms. The number of nitrogens with zero attached hydrogens (tertiary/aromatic N) is 1. The quantitative estimate of drug-likeness (QED) is 0.641. The summed E-state index contributed by atoms with van der Waals surface area (Å²) in [6.07, 6.45) is 1.73. The molecule has 0 fully saturated rings. The summed E-state index contributed by atoms with van der Waals surface area (Å²) in [7, 11) is 0. The number of hydrogen-bond donors (Lipinski definition) is 3. The second kappa shape index (κ2) is 7.61. The molecule has 130 valence electrons. The van der Waals surface area contributed by atoms with Gasteiger partial charge in [-0.25, -0.2) is 4.79 Å². The van der Waals surface area contributed by atoms with Crippen molar-refractivity contribution in [2.24, 2.45) is 0 Å². The minimum atomic E-state index is -2.88. The van der Waals surface area contributed by atoms with Gasteiger partial charge in [0, 0.05) is 18.5 Å². The highest BCUT2D eigenvalue weighted by Crippen LogP contribution is 2.16. The number of fused-ring (bicyclic) bond motifs is 1. The number of carbonyl (C=O) groups excluding carboxylic acids is 1. The van der Waals surface area contributed by atoms with Crippen LogP contribution in [0.2, 0.25) is 0 Å². The number of aromatic nitrogens is 2. The molecule has 1 aromatic heterocycles. The fraction of sp³-hybridized carbons (Fsp3) is 0.176. The highest BCUT2D eigenvalue weighted by Gasteiger charge is 2.06. The molecule has 0 aliphatic rings. The zero-order valence-electron chi connectivity index (χ0n) is 13.1. The van der Waals surface area contributed by atoms with Gasteiger partial charge >= 0.3 is 12.6 Å². The van der Waals surface area contributed by atoms with Crippen LogP contribution < -0.4 is 15.4 Å². The minimum Gasteiger partial charge on any atom is -0.435 e. The predicted molar refractivity (Wildman–Crippen MR) is 88.2 cm³/mol. The van der Waals surface area contributed by atoms with Crippen molar-refractivity contribution in [3.8, 4) is 5.75 Å². The molecule has 2 amide bonds. The molecule has 1 heterocycles. The van der Waals surface area contributed by atoms with Gasteiger partial charge in [-0.1, -0.05) is 24.3 Å². The van der Waals surface area contributed by atoms with Crippen LogP contribution in [0.5, 0.6) is 5.75 Å². The zero-order valence-corrected chi connectivity index (χ0v) is 13.1. The van der Waals surface area contributed by atoms with E-state index in [1.807, 2.05) is 18.2 Å². The van der Waals surface area contributed by atoms with Gasteiger partial charge in [0.15, 0.2) is 0 Å². The summed E-state index contributed by atoms with van der Waals surface area (Å²) in [6.45, 7) is -2.32. The first-order valence-corrected chi connectivity index (χ1v) is 7.57. The van der Waals surface area contributed by atoms with Crippen molar-refractivity contribution in [1.29, 1.82) is 0 Å². The number of nitrogens with one attached hydrogen (secondary N) is 3. The van der Waals surface area contributed by atoms with E-state index in [9.17, 15) is 13.6 Å². The molecular formula is C17H16F2N4O2. The number of carbonyl (C=O) groups is 1. The van der Waals surface area contributed by atoms with E-state index in [0.29, 0.717) is 12.1 Å². The third-order valence-electron chi connectivity index (χ3n) is 3.54. The molecule has 25 heavy (non-hydrogen) atoms. The minimum absolute atomic E-state index is 0.0579. The molecule has 8 heteroatoms. The molecule has 2 aromatic carbocycles. The van der Waals surface area contributed by atoms with E-state index in [1.165, 1.54) is 12.1 Å². The monoisotopic (exact) mass is 346 g/mol. The summed E-state index contributed by atoms with van der Waals surface area (Å²) >= 11 is 0. The Hall–Kier alpha value is -3.16. The average molecular weight is 346 g/mol. The summed E-state index contributed by atoms with van der Waals surface area (Å²) in [5.74, 6) is 0.0579. The number of H-pyrrole nitrogens is 1. The number of hydrogen-bond acceptors (Lipinski definition) is 3. The number of aromatic amines is 1. The van der Waals surface area contributed by atoms with Crippen molar-refractivity contribution in [2.45, 2.75) is 19.7 Å². The zero-order chi connectivity index (χ0) is 17.6. The highest BCUT2D eigenvalue weighted by atomic mass is 19.3. The maximum atomic E-state index is 12.2. The van der Waals surface area contributed by atoms with Crippen LogP contribution in [-0.4, -0.2) is 22.8 Å². The molecule has 0 saturated heterocycles. The first-order valence-electron chi connectivity index (χ1n) is 7.57. The number of ether oxygens (including phenoxy) is 1. The second-order valence-corrected chi connectivity index (χ2v) is 5.35. The van der Waals surface area contributed by atoms with Gasteiger partial charge in [-0.05, 0) is 29.3 Å². The van der Waals surface area contributed by atoms with Crippen LogP contribution in [0.3, 0.4) is 0 Å². The first-order chi connectivity index (χ1) is 12.1. The molecule has 0 saturated carbocycles. The Morgan fingerprint density at radius 3 is 2.64 bits per heavy atom. The molecule has 3 aromatic rings. The van der Waals surface area contributed by atoms with E-state index in [-0.39, 0.29) is 18.3 Å². The Kier molecular flexibility index (Phi) is 5.08. The number of benzene rings is 2. The van der Waals surface area contributed by atoms with Crippen LogP contribution in [0, 0.1) is 0 Å². The van der Waals surface area contributed by atoms with Gasteiger partial charge in [0.25, 0.3) is 0 Å². The fourth-order valence-corrected chi connectivity index (χ4v) is 2.35. The average Bonchev–Trinajstić information content (AvgIpc) is 3.05. The summed E-state index contributed by atoms with van der Waals surface area (Å²) in [5.41, 5.74) is 2.49. The van der Waals surface area contributed by atoms with Gasteiger partial charge in [-0.15, -0.1) is 0 Å². The Balaban J connectivity index is 1.49. The van der Waals surface area contributed by atoms with Crippen LogP contribution in [0.4, 0.5) is 13.6 Å². The fourth-order valence-electron chi connectivity index (χ4n) is 2.35. The van der Waals surface area contributed by atoms with Crippen molar-refractivity contribution < 1.29 is 18.3 Å². The lowest BCUT2D eigenvalue weighted by atomic mass is 10.2. The molecule has 3 rings (SSSR count). The summed E-state index contributed by atoms with van der Waals surface area (Å²) in [6, 6.07) is 11.6. The van der Waals surface area contributed by atoms with E-state index in [2.05, 4.69) is 25.6 Å². The van der Waals surface area contributed by atoms with Gasteiger partial charge in [0.2, 0.25) is 0 Å². The molecule has 6 nitrogen and oxygen atoms in total. The van der Waals surface area contributed by atoms with Crippen LogP contribution in [-0.2, 0) is 13.1 Å². The van der Waals surface area contributed by atoms with E-state index >= 15 is 0 Å². The maximum Gasteiger partial charge on any atom is 0.387 e. The van der Waals surface area contributed by atoms with Gasteiger partial charge in [0.1, 0.15) is 5.75 Å². The SMILES string of the molecule is O=C(NCc1cccc(OC(F)F)c1)NCc1ccc2cn[nH]c2c1. The van der Waals surface area contributed by atoms with Gasteiger partial charge in [-0.3, -0.25) is 5.10 Å². The van der Waals surface area contributed by atoms with Gasteiger partial charge < -0.3 is 15.4 Å². The number of alkyl halides is 2. The van der Waals surface area contributed by atoms with Crippen molar-refractivity contribution in [3.63, 3.8) is 0 Å². The number of urea groups is 1. The molecule has 3 N–H and O–H groups in total.